The van der Waals surface area contributed by atoms with Gasteiger partial charge in [0, 0.05) is 24.8 Å². The number of hydrogen-bond donors (Lipinski definition) is 3. The zero-order valence-electron chi connectivity index (χ0n) is 15.6. The fourth-order valence-electron chi connectivity index (χ4n) is 3.76. The van der Waals surface area contributed by atoms with E-state index in [4.69, 9.17) is 11.6 Å². The van der Waals surface area contributed by atoms with Crippen LogP contribution in [-0.2, 0) is 4.79 Å². The number of hydrogen-bond acceptors (Lipinski definition) is 7. The molecule has 1 unspecified atom stereocenters. The number of amides is 1. The van der Waals surface area contributed by atoms with Crippen LogP contribution in [0, 0.1) is 0 Å². The number of carbonyl (C=O) groups excluding carboxylic acids is 1. The highest BCUT2D eigenvalue weighted by atomic mass is 35.5. The van der Waals surface area contributed by atoms with Crippen LogP contribution in [0.25, 0.3) is 0 Å². The van der Waals surface area contributed by atoms with Gasteiger partial charge in [-0.05, 0) is 18.9 Å². The van der Waals surface area contributed by atoms with Gasteiger partial charge in [-0.3, -0.25) is 4.79 Å². The van der Waals surface area contributed by atoms with E-state index < -0.39 is 24.7 Å². The summed E-state index contributed by atoms with van der Waals surface area (Å²) in [6, 6.07) is 0.902. The van der Waals surface area contributed by atoms with Gasteiger partial charge in [-0.25, -0.2) is 15.0 Å². The lowest BCUT2D eigenvalue weighted by molar-refractivity contribution is -0.139. The van der Waals surface area contributed by atoms with Gasteiger partial charge < -0.3 is 20.6 Å². The SMILES string of the molecule is O=C(NCC(F)(F)F)[C@H]1CCCN1c1nc(C2CNc3ncc(Cl)cc32)ncc1O. The van der Waals surface area contributed by atoms with Crippen molar-refractivity contribution in [2.24, 2.45) is 0 Å². The first-order valence-corrected chi connectivity index (χ1v) is 9.67. The van der Waals surface area contributed by atoms with Crippen LogP contribution in [0.1, 0.15) is 30.1 Å². The van der Waals surface area contributed by atoms with Crippen molar-refractivity contribution in [2.45, 2.75) is 31.0 Å². The van der Waals surface area contributed by atoms with Crippen LogP contribution in [0.15, 0.2) is 18.5 Å². The van der Waals surface area contributed by atoms with Crippen LogP contribution < -0.4 is 15.5 Å². The molecule has 30 heavy (non-hydrogen) atoms. The molecule has 1 amide bonds. The normalized spacial score (nSPS) is 20.7. The van der Waals surface area contributed by atoms with Crippen LogP contribution in [0.3, 0.4) is 0 Å². The summed E-state index contributed by atoms with van der Waals surface area (Å²) in [5.74, 6) is -0.107. The zero-order chi connectivity index (χ0) is 21.5. The van der Waals surface area contributed by atoms with Crippen molar-refractivity contribution in [3.05, 3.63) is 34.9 Å². The first kappa shape index (κ1) is 20.5. The fraction of sp³-hybridized carbons (Fsp3) is 0.444. The van der Waals surface area contributed by atoms with E-state index in [0.29, 0.717) is 42.6 Å². The second-order valence-electron chi connectivity index (χ2n) is 7.15. The van der Waals surface area contributed by atoms with E-state index >= 15 is 0 Å². The molecule has 2 aliphatic heterocycles. The smallest absolute Gasteiger partial charge is 0.405 e. The molecule has 2 aromatic heterocycles. The number of rotatable bonds is 4. The number of alkyl halides is 3. The zero-order valence-corrected chi connectivity index (χ0v) is 16.3. The average molecular weight is 443 g/mol. The van der Waals surface area contributed by atoms with Gasteiger partial charge in [0.2, 0.25) is 5.91 Å². The lowest BCUT2D eigenvalue weighted by Gasteiger charge is -2.26. The summed E-state index contributed by atoms with van der Waals surface area (Å²) in [5.41, 5.74) is 0.806. The molecule has 4 heterocycles. The summed E-state index contributed by atoms with van der Waals surface area (Å²) in [7, 11) is 0. The van der Waals surface area contributed by atoms with Crippen LogP contribution >= 0.6 is 11.6 Å². The number of aromatic hydroxyl groups is 1. The van der Waals surface area contributed by atoms with Crippen LogP contribution in [0.2, 0.25) is 5.02 Å². The molecule has 0 aromatic carbocycles. The molecular formula is C18H18ClF3N6O2. The third-order valence-corrected chi connectivity index (χ3v) is 5.31. The molecule has 4 rings (SSSR count). The van der Waals surface area contributed by atoms with Gasteiger partial charge in [-0.1, -0.05) is 11.6 Å². The van der Waals surface area contributed by atoms with E-state index in [9.17, 15) is 23.1 Å². The number of nitrogens with zero attached hydrogens (tertiary/aromatic N) is 4. The Kier molecular flexibility index (Phi) is 5.31. The van der Waals surface area contributed by atoms with Gasteiger partial charge in [0.25, 0.3) is 0 Å². The third-order valence-electron chi connectivity index (χ3n) is 5.10. The number of carbonyl (C=O) groups is 1. The lowest BCUT2D eigenvalue weighted by atomic mass is 10.0. The third kappa shape index (κ3) is 4.07. The number of aromatic nitrogens is 3. The molecule has 0 aliphatic carbocycles. The van der Waals surface area contributed by atoms with Crippen LogP contribution in [0.4, 0.5) is 24.8 Å². The Bertz CT molecular complexity index is 973. The van der Waals surface area contributed by atoms with Crippen molar-refractivity contribution in [1.82, 2.24) is 20.3 Å². The summed E-state index contributed by atoms with van der Waals surface area (Å²) in [6.45, 7) is -0.557. The number of pyridine rings is 1. The van der Waals surface area contributed by atoms with Crippen molar-refractivity contribution in [2.75, 3.05) is 29.9 Å². The van der Waals surface area contributed by atoms with E-state index in [-0.39, 0.29) is 17.5 Å². The molecule has 12 heteroatoms. The predicted molar refractivity (Wildman–Crippen MR) is 103 cm³/mol. The molecule has 160 valence electrons. The van der Waals surface area contributed by atoms with Crippen LogP contribution in [0.5, 0.6) is 5.75 Å². The molecule has 8 nitrogen and oxygen atoms in total. The van der Waals surface area contributed by atoms with E-state index in [2.05, 4.69) is 20.3 Å². The second-order valence-corrected chi connectivity index (χ2v) is 7.58. The first-order chi connectivity index (χ1) is 14.2. The Morgan fingerprint density at radius 2 is 2.17 bits per heavy atom. The van der Waals surface area contributed by atoms with Gasteiger partial charge in [0.05, 0.1) is 17.1 Å². The number of fused-ring (bicyclic) bond motifs is 1. The first-order valence-electron chi connectivity index (χ1n) is 9.29. The highest BCUT2D eigenvalue weighted by Crippen LogP contribution is 2.37. The van der Waals surface area contributed by atoms with E-state index in [1.165, 1.54) is 17.3 Å². The summed E-state index contributed by atoms with van der Waals surface area (Å²) in [4.78, 5) is 26.7. The fourth-order valence-corrected chi connectivity index (χ4v) is 3.93. The van der Waals surface area contributed by atoms with Gasteiger partial charge in [0.1, 0.15) is 24.2 Å². The predicted octanol–water partition coefficient (Wildman–Crippen LogP) is 2.44. The van der Waals surface area contributed by atoms with Crippen molar-refractivity contribution < 1.29 is 23.1 Å². The molecule has 3 N–H and O–H groups in total. The largest absolute Gasteiger partial charge is 0.503 e. The quantitative estimate of drug-likeness (QED) is 0.668. The van der Waals surface area contributed by atoms with Crippen LogP contribution in [-0.4, -0.2) is 57.8 Å². The molecular weight excluding hydrogens is 425 g/mol. The Morgan fingerprint density at radius 1 is 1.37 bits per heavy atom. The minimum atomic E-state index is -4.50. The number of nitrogens with one attached hydrogen (secondary N) is 2. The second kappa shape index (κ2) is 7.78. The van der Waals surface area contributed by atoms with Crippen molar-refractivity contribution in [3.63, 3.8) is 0 Å². The van der Waals surface area contributed by atoms with E-state index in [1.807, 2.05) is 5.32 Å². The van der Waals surface area contributed by atoms with Gasteiger partial charge >= 0.3 is 6.18 Å². The molecule has 1 fully saturated rings. The maximum atomic E-state index is 12.5. The van der Waals surface area contributed by atoms with Crippen molar-refractivity contribution in [3.8, 4) is 5.75 Å². The average Bonchev–Trinajstić information content (AvgIpc) is 3.33. The molecule has 0 radical (unpaired) electrons. The Hall–Kier alpha value is -2.82. The summed E-state index contributed by atoms with van der Waals surface area (Å²) in [5, 5.41) is 15.8. The summed E-state index contributed by atoms with van der Waals surface area (Å²) in [6.07, 6.45) is -0.808. The maximum Gasteiger partial charge on any atom is 0.405 e. The number of halogens is 4. The van der Waals surface area contributed by atoms with E-state index in [0.717, 1.165) is 5.56 Å². The van der Waals surface area contributed by atoms with Crippen molar-refractivity contribution >= 4 is 29.1 Å². The highest BCUT2D eigenvalue weighted by molar-refractivity contribution is 6.30. The molecule has 0 spiro atoms. The lowest BCUT2D eigenvalue weighted by Crippen LogP contribution is -2.46. The molecule has 2 aromatic rings. The maximum absolute atomic E-state index is 12.5. The Labute approximate surface area is 174 Å². The summed E-state index contributed by atoms with van der Waals surface area (Å²) < 4.78 is 37.4. The van der Waals surface area contributed by atoms with E-state index in [1.54, 1.807) is 6.07 Å². The minimum Gasteiger partial charge on any atom is -0.503 e. The Balaban J connectivity index is 1.60. The van der Waals surface area contributed by atoms with Gasteiger partial charge in [0.15, 0.2) is 11.6 Å². The van der Waals surface area contributed by atoms with Crippen molar-refractivity contribution in [1.29, 1.82) is 0 Å². The molecule has 2 aliphatic rings. The van der Waals surface area contributed by atoms with Gasteiger partial charge in [-0.2, -0.15) is 13.2 Å². The molecule has 0 bridgehead atoms. The molecule has 1 saturated heterocycles. The number of anilines is 2. The Morgan fingerprint density at radius 3 is 2.93 bits per heavy atom. The molecule has 0 saturated carbocycles. The standard InChI is InChI=1S/C18H18ClF3N6O2/c19-9-4-10-11(6-24-14(10)23-5-9)15-25-7-13(29)16(27-15)28-3-1-2-12(28)17(30)26-8-18(20,21)22/h4-5,7,11-12,29H,1-3,6,8H2,(H,23,24)(H,26,30)/t11?,12-/m1/s1. The highest BCUT2D eigenvalue weighted by Gasteiger charge is 2.36. The topological polar surface area (TPSA) is 103 Å². The summed E-state index contributed by atoms with van der Waals surface area (Å²) >= 11 is 6.05. The van der Waals surface area contributed by atoms with Gasteiger partial charge in [-0.15, -0.1) is 0 Å². The minimum absolute atomic E-state index is 0.119. The molecule has 2 atom stereocenters. The monoisotopic (exact) mass is 442 g/mol.